The van der Waals surface area contributed by atoms with Gasteiger partial charge in [-0.2, -0.15) is 0 Å². The molecule has 1 aromatic heterocycles. The number of hydrogen-bond acceptors (Lipinski definition) is 6. The highest BCUT2D eigenvalue weighted by Crippen LogP contribution is 2.40. The molecule has 0 aliphatic carbocycles. The number of nitrogens with two attached hydrogens (primary N) is 1. The maximum absolute atomic E-state index is 6.36. The van der Waals surface area contributed by atoms with E-state index in [2.05, 4.69) is 9.97 Å². The van der Waals surface area contributed by atoms with Gasteiger partial charge in [-0.25, -0.2) is 9.97 Å². The molecule has 3 aromatic rings. The smallest absolute Gasteiger partial charge is 0.134 e. The van der Waals surface area contributed by atoms with Crippen LogP contribution in [0, 0.1) is 6.92 Å². The zero-order valence-electron chi connectivity index (χ0n) is 14.9. The Morgan fingerprint density at radius 3 is 2.93 bits per heavy atom. The predicted molar refractivity (Wildman–Crippen MR) is 105 cm³/mol. The summed E-state index contributed by atoms with van der Waals surface area (Å²) in [7, 11) is 0. The maximum atomic E-state index is 6.36. The normalized spacial score (nSPS) is 17.2. The van der Waals surface area contributed by atoms with Crippen molar-refractivity contribution >= 4 is 28.3 Å². The number of anilines is 1. The fraction of sp³-hybridized carbons (Fsp3) is 0.300. The minimum Gasteiger partial charge on any atom is -0.490 e. The van der Waals surface area contributed by atoms with Gasteiger partial charge >= 0.3 is 0 Å². The monoisotopic (exact) mass is 385 g/mol. The van der Waals surface area contributed by atoms with Crippen LogP contribution in [0.3, 0.4) is 0 Å². The van der Waals surface area contributed by atoms with Gasteiger partial charge < -0.3 is 19.9 Å². The molecule has 2 aromatic carbocycles. The first-order chi connectivity index (χ1) is 13.1. The first-order valence-corrected chi connectivity index (χ1v) is 9.13. The van der Waals surface area contributed by atoms with E-state index in [1.54, 1.807) is 0 Å². The van der Waals surface area contributed by atoms with E-state index in [4.69, 9.17) is 31.5 Å². The molecule has 0 spiro atoms. The number of nitrogens with zero attached hydrogens (tertiary/aromatic N) is 2. The molecule has 7 heteroatoms. The second kappa shape index (κ2) is 7.68. The van der Waals surface area contributed by atoms with Crippen LogP contribution in [0.4, 0.5) is 5.82 Å². The predicted octanol–water partition coefficient (Wildman–Crippen LogP) is 3.64. The van der Waals surface area contributed by atoms with Crippen LogP contribution in [0.25, 0.3) is 22.0 Å². The summed E-state index contributed by atoms with van der Waals surface area (Å²) in [5.74, 6) is 1.12. The van der Waals surface area contributed by atoms with Crippen LogP contribution >= 0.6 is 11.6 Å². The van der Waals surface area contributed by atoms with Gasteiger partial charge in [0.25, 0.3) is 0 Å². The fourth-order valence-electron chi connectivity index (χ4n) is 3.21. The molecule has 6 nitrogen and oxygen atoms in total. The number of hydrogen-bond donors (Lipinski definition) is 1. The second-order valence-corrected chi connectivity index (χ2v) is 6.79. The maximum Gasteiger partial charge on any atom is 0.134 e. The standard InChI is InChI=1S/C20H20ClN3O3/c1-12-14(3-2-4-16(12)21)18-17(27-10-13-9-25-7-8-26-13)6-5-15-19(18)23-11-24-20(15)22/h2-6,11,13H,7-10H2,1H3,(H2,22,23,24)/t13-/m0/s1. The van der Waals surface area contributed by atoms with Gasteiger partial charge in [-0.05, 0) is 36.2 Å². The van der Waals surface area contributed by atoms with Gasteiger partial charge in [0.1, 0.15) is 30.6 Å². The third-order valence-corrected chi connectivity index (χ3v) is 5.06. The second-order valence-electron chi connectivity index (χ2n) is 6.38. The molecule has 2 heterocycles. The highest BCUT2D eigenvalue weighted by atomic mass is 35.5. The van der Waals surface area contributed by atoms with Crippen molar-refractivity contribution in [2.45, 2.75) is 13.0 Å². The van der Waals surface area contributed by atoms with Gasteiger partial charge in [-0.3, -0.25) is 0 Å². The lowest BCUT2D eigenvalue weighted by atomic mass is 9.97. The lowest BCUT2D eigenvalue weighted by Crippen LogP contribution is -2.33. The highest BCUT2D eigenvalue weighted by Gasteiger charge is 2.20. The van der Waals surface area contributed by atoms with Crippen LogP contribution in [0.15, 0.2) is 36.7 Å². The molecule has 1 saturated heterocycles. The molecule has 0 unspecified atom stereocenters. The number of ether oxygens (including phenoxy) is 3. The minimum atomic E-state index is -0.0989. The van der Waals surface area contributed by atoms with Crippen molar-refractivity contribution < 1.29 is 14.2 Å². The first-order valence-electron chi connectivity index (χ1n) is 8.76. The van der Waals surface area contributed by atoms with Crippen LogP contribution in [0.5, 0.6) is 5.75 Å². The van der Waals surface area contributed by atoms with Crippen LogP contribution in [-0.2, 0) is 9.47 Å². The molecule has 2 N–H and O–H groups in total. The van der Waals surface area contributed by atoms with E-state index in [1.165, 1.54) is 6.33 Å². The largest absolute Gasteiger partial charge is 0.490 e. The molecule has 1 aliphatic heterocycles. The first kappa shape index (κ1) is 18.0. The van der Waals surface area contributed by atoms with Crippen LogP contribution in [-0.4, -0.2) is 42.5 Å². The van der Waals surface area contributed by atoms with E-state index in [-0.39, 0.29) is 6.10 Å². The van der Waals surface area contributed by atoms with E-state index in [0.717, 1.165) is 27.6 Å². The molecule has 1 fully saturated rings. The van der Waals surface area contributed by atoms with E-state index in [9.17, 15) is 0 Å². The Labute approximate surface area is 162 Å². The zero-order chi connectivity index (χ0) is 18.8. The summed E-state index contributed by atoms with van der Waals surface area (Å²) in [5, 5.41) is 1.46. The Hall–Kier alpha value is -2.41. The molecule has 0 amide bonds. The van der Waals surface area contributed by atoms with Gasteiger partial charge in [0.2, 0.25) is 0 Å². The van der Waals surface area contributed by atoms with Crippen molar-refractivity contribution in [1.82, 2.24) is 9.97 Å². The average Bonchev–Trinajstić information content (AvgIpc) is 2.69. The number of benzene rings is 2. The number of fused-ring (bicyclic) bond motifs is 1. The summed E-state index contributed by atoms with van der Waals surface area (Å²) >= 11 is 6.36. The van der Waals surface area contributed by atoms with Crippen molar-refractivity contribution in [2.24, 2.45) is 0 Å². The third kappa shape index (κ3) is 3.56. The summed E-state index contributed by atoms with van der Waals surface area (Å²) < 4.78 is 17.2. The quantitative estimate of drug-likeness (QED) is 0.738. The molecule has 4 rings (SSSR count). The number of aromatic nitrogens is 2. The van der Waals surface area contributed by atoms with E-state index < -0.39 is 0 Å². The van der Waals surface area contributed by atoms with E-state index in [1.807, 2.05) is 37.3 Å². The van der Waals surface area contributed by atoms with Crippen molar-refractivity contribution in [3.05, 3.63) is 47.2 Å². The Morgan fingerprint density at radius 1 is 1.22 bits per heavy atom. The van der Waals surface area contributed by atoms with Crippen molar-refractivity contribution in [1.29, 1.82) is 0 Å². The zero-order valence-corrected chi connectivity index (χ0v) is 15.7. The van der Waals surface area contributed by atoms with E-state index >= 15 is 0 Å². The lowest BCUT2D eigenvalue weighted by Gasteiger charge is -2.24. The average molecular weight is 386 g/mol. The Morgan fingerprint density at radius 2 is 2.11 bits per heavy atom. The van der Waals surface area contributed by atoms with Gasteiger partial charge in [-0.15, -0.1) is 0 Å². The van der Waals surface area contributed by atoms with Gasteiger partial charge in [0.05, 0.1) is 30.9 Å². The topological polar surface area (TPSA) is 79.5 Å². The summed E-state index contributed by atoms with van der Waals surface area (Å²) in [4.78, 5) is 8.57. The van der Waals surface area contributed by atoms with E-state index in [0.29, 0.717) is 43.0 Å². The Kier molecular flexibility index (Phi) is 5.11. The highest BCUT2D eigenvalue weighted by molar-refractivity contribution is 6.31. The summed E-state index contributed by atoms with van der Waals surface area (Å²) in [5.41, 5.74) is 9.53. The number of rotatable bonds is 4. The molecule has 1 aliphatic rings. The van der Waals surface area contributed by atoms with Crippen molar-refractivity contribution in [3.8, 4) is 16.9 Å². The molecule has 140 valence electrons. The fourth-order valence-corrected chi connectivity index (χ4v) is 3.38. The molecular weight excluding hydrogens is 366 g/mol. The molecule has 0 radical (unpaired) electrons. The van der Waals surface area contributed by atoms with Crippen LogP contribution in [0.1, 0.15) is 5.56 Å². The molecule has 27 heavy (non-hydrogen) atoms. The van der Waals surface area contributed by atoms with Gasteiger partial charge in [0.15, 0.2) is 0 Å². The Bertz CT molecular complexity index is 974. The third-order valence-electron chi connectivity index (χ3n) is 4.65. The summed E-state index contributed by atoms with van der Waals surface area (Å²) in [6.07, 6.45) is 1.36. The minimum absolute atomic E-state index is 0.0989. The lowest BCUT2D eigenvalue weighted by molar-refractivity contribution is -0.101. The number of nitrogen functional groups attached to an aromatic ring is 1. The number of halogens is 1. The van der Waals surface area contributed by atoms with Gasteiger partial charge in [0, 0.05) is 10.4 Å². The molecular formula is C20H20ClN3O3. The van der Waals surface area contributed by atoms with Crippen molar-refractivity contribution in [2.75, 3.05) is 32.2 Å². The van der Waals surface area contributed by atoms with Crippen LogP contribution < -0.4 is 10.5 Å². The summed E-state index contributed by atoms with van der Waals surface area (Å²) in [6.45, 7) is 4.08. The van der Waals surface area contributed by atoms with Crippen LogP contribution in [0.2, 0.25) is 5.02 Å². The SMILES string of the molecule is Cc1c(Cl)cccc1-c1c(OC[C@@H]2COCCO2)ccc2c(N)ncnc12. The summed E-state index contributed by atoms with van der Waals surface area (Å²) in [6, 6.07) is 9.54. The molecule has 1 atom stereocenters. The molecule has 0 bridgehead atoms. The Balaban J connectivity index is 1.82. The van der Waals surface area contributed by atoms with Gasteiger partial charge in [-0.1, -0.05) is 23.7 Å². The molecule has 0 saturated carbocycles. The van der Waals surface area contributed by atoms with Crippen molar-refractivity contribution in [3.63, 3.8) is 0 Å².